The van der Waals surface area contributed by atoms with Crippen molar-refractivity contribution in [1.29, 1.82) is 0 Å². The molecule has 116 valence electrons. The quantitative estimate of drug-likeness (QED) is 0.933. The lowest BCUT2D eigenvalue weighted by Crippen LogP contribution is -2.44. The first-order chi connectivity index (χ1) is 10.7. The smallest absolute Gasteiger partial charge is 0.0403 e. The van der Waals surface area contributed by atoms with Gasteiger partial charge in [-0.15, -0.1) is 0 Å². The van der Waals surface area contributed by atoms with Gasteiger partial charge in [-0.3, -0.25) is 0 Å². The number of benzene rings is 2. The summed E-state index contributed by atoms with van der Waals surface area (Å²) in [6, 6.07) is 17.4. The minimum absolute atomic E-state index is 0.876. The molecule has 1 fully saturated rings. The Bertz CT molecular complexity index is 598. The number of aryl methyl sites for hydroxylation is 1. The summed E-state index contributed by atoms with van der Waals surface area (Å²) < 4.78 is 0. The van der Waals surface area contributed by atoms with Crippen molar-refractivity contribution in [1.82, 2.24) is 4.90 Å². The van der Waals surface area contributed by atoms with Crippen LogP contribution in [0.3, 0.4) is 0 Å². The highest BCUT2D eigenvalue weighted by molar-refractivity contribution is 5.55. The Morgan fingerprint density at radius 3 is 2.27 bits per heavy atom. The van der Waals surface area contributed by atoms with Gasteiger partial charge in [-0.25, -0.2) is 0 Å². The van der Waals surface area contributed by atoms with E-state index in [0.717, 1.165) is 32.7 Å². The van der Waals surface area contributed by atoms with E-state index in [1.165, 1.54) is 22.5 Å². The van der Waals surface area contributed by atoms with Crippen LogP contribution in [0, 0.1) is 6.92 Å². The highest BCUT2D eigenvalue weighted by atomic mass is 15.2. The first-order valence-electron chi connectivity index (χ1n) is 8.04. The molecule has 1 aliphatic heterocycles. The summed E-state index contributed by atoms with van der Waals surface area (Å²) >= 11 is 0. The summed E-state index contributed by atoms with van der Waals surface area (Å²) in [5.41, 5.74) is 5.20. The van der Waals surface area contributed by atoms with E-state index in [2.05, 4.69) is 77.6 Å². The van der Waals surface area contributed by atoms with Crippen molar-refractivity contribution in [2.24, 2.45) is 0 Å². The minimum atomic E-state index is 0.876. The molecular formula is C19H25N3. The van der Waals surface area contributed by atoms with E-state index < -0.39 is 0 Å². The molecule has 0 atom stereocenters. The molecule has 3 rings (SSSR count). The van der Waals surface area contributed by atoms with Gasteiger partial charge in [0.1, 0.15) is 0 Å². The lowest BCUT2D eigenvalue weighted by atomic mass is 10.1. The van der Waals surface area contributed by atoms with E-state index in [4.69, 9.17) is 0 Å². The molecule has 1 saturated heterocycles. The molecule has 0 bridgehead atoms. The zero-order chi connectivity index (χ0) is 15.4. The monoisotopic (exact) mass is 295 g/mol. The third-order valence-electron chi connectivity index (χ3n) is 4.48. The molecule has 3 heteroatoms. The third kappa shape index (κ3) is 3.60. The van der Waals surface area contributed by atoms with Crippen LogP contribution in [0.15, 0.2) is 48.5 Å². The number of anilines is 2. The van der Waals surface area contributed by atoms with Gasteiger partial charge in [-0.1, -0.05) is 24.3 Å². The second kappa shape index (κ2) is 6.84. The minimum Gasteiger partial charge on any atom is -0.381 e. The van der Waals surface area contributed by atoms with Gasteiger partial charge >= 0.3 is 0 Å². The summed E-state index contributed by atoms with van der Waals surface area (Å²) in [5, 5.41) is 3.51. The van der Waals surface area contributed by atoms with E-state index in [9.17, 15) is 0 Å². The molecule has 0 unspecified atom stereocenters. The lowest BCUT2D eigenvalue weighted by molar-refractivity contribution is 0.313. The van der Waals surface area contributed by atoms with E-state index in [-0.39, 0.29) is 0 Å². The Balaban J connectivity index is 1.59. The van der Waals surface area contributed by atoms with E-state index in [1.807, 2.05) is 0 Å². The first kappa shape index (κ1) is 14.9. The molecule has 2 aromatic rings. The fraction of sp³-hybridized carbons (Fsp3) is 0.368. The van der Waals surface area contributed by atoms with Crippen LogP contribution in [0.2, 0.25) is 0 Å². The molecule has 2 aromatic carbocycles. The van der Waals surface area contributed by atoms with Gasteiger partial charge in [0.15, 0.2) is 0 Å². The van der Waals surface area contributed by atoms with Crippen LogP contribution in [0.1, 0.15) is 11.1 Å². The Kier molecular flexibility index (Phi) is 4.64. The second-order valence-electron chi connectivity index (χ2n) is 6.12. The van der Waals surface area contributed by atoms with Gasteiger partial charge in [-0.2, -0.15) is 0 Å². The van der Waals surface area contributed by atoms with Crippen molar-refractivity contribution in [2.75, 3.05) is 43.4 Å². The SMILES string of the molecule is Cc1ccccc1CNc1ccc(N2CCN(C)CC2)cc1. The predicted molar refractivity (Wildman–Crippen MR) is 94.7 cm³/mol. The molecule has 0 amide bonds. The maximum absolute atomic E-state index is 3.51. The summed E-state index contributed by atoms with van der Waals surface area (Å²) in [5.74, 6) is 0. The van der Waals surface area contributed by atoms with Crippen molar-refractivity contribution >= 4 is 11.4 Å². The largest absolute Gasteiger partial charge is 0.381 e. The summed E-state index contributed by atoms with van der Waals surface area (Å²) in [6.45, 7) is 7.56. The standard InChI is InChI=1S/C19H25N3/c1-16-5-3-4-6-17(16)15-20-18-7-9-19(10-8-18)22-13-11-21(2)12-14-22/h3-10,20H,11-15H2,1-2H3. The summed E-state index contributed by atoms with van der Waals surface area (Å²) in [7, 11) is 2.19. The van der Waals surface area contributed by atoms with E-state index in [0.29, 0.717) is 0 Å². The van der Waals surface area contributed by atoms with Gasteiger partial charge in [-0.05, 0) is 49.4 Å². The number of rotatable bonds is 4. The average molecular weight is 295 g/mol. The number of hydrogen-bond donors (Lipinski definition) is 1. The maximum Gasteiger partial charge on any atom is 0.0403 e. The van der Waals surface area contributed by atoms with Crippen molar-refractivity contribution in [2.45, 2.75) is 13.5 Å². The third-order valence-corrected chi connectivity index (χ3v) is 4.48. The molecule has 0 aliphatic carbocycles. The van der Waals surface area contributed by atoms with Crippen LogP contribution < -0.4 is 10.2 Å². The van der Waals surface area contributed by atoms with Crippen LogP contribution in [0.5, 0.6) is 0 Å². The molecule has 3 nitrogen and oxygen atoms in total. The maximum atomic E-state index is 3.51. The van der Waals surface area contributed by atoms with E-state index in [1.54, 1.807) is 0 Å². The average Bonchev–Trinajstić information content (AvgIpc) is 2.55. The number of likely N-dealkylation sites (N-methyl/N-ethyl adjacent to an activating group) is 1. The molecule has 0 aromatic heterocycles. The molecule has 1 heterocycles. The Hall–Kier alpha value is -2.00. The summed E-state index contributed by atoms with van der Waals surface area (Å²) in [6.07, 6.45) is 0. The number of piperazine rings is 1. The second-order valence-corrected chi connectivity index (χ2v) is 6.12. The fourth-order valence-electron chi connectivity index (χ4n) is 2.86. The highest BCUT2D eigenvalue weighted by Crippen LogP contribution is 2.20. The van der Waals surface area contributed by atoms with E-state index >= 15 is 0 Å². The highest BCUT2D eigenvalue weighted by Gasteiger charge is 2.13. The molecule has 1 N–H and O–H groups in total. The Labute approximate surface area is 133 Å². The van der Waals surface area contributed by atoms with Crippen molar-refractivity contribution < 1.29 is 0 Å². The molecule has 0 radical (unpaired) electrons. The van der Waals surface area contributed by atoms with Crippen LogP contribution in [-0.2, 0) is 6.54 Å². The zero-order valence-electron chi connectivity index (χ0n) is 13.5. The molecule has 0 saturated carbocycles. The molecule has 22 heavy (non-hydrogen) atoms. The molecule has 0 spiro atoms. The van der Waals surface area contributed by atoms with Crippen LogP contribution in [0.4, 0.5) is 11.4 Å². The van der Waals surface area contributed by atoms with Gasteiger partial charge in [0, 0.05) is 44.1 Å². The predicted octanol–water partition coefficient (Wildman–Crippen LogP) is 3.36. The number of hydrogen-bond acceptors (Lipinski definition) is 3. The number of nitrogens with one attached hydrogen (secondary N) is 1. The Morgan fingerprint density at radius 1 is 0.909 bits per heavy atom. The molecular weight excluding hydrogens is 270 g/mol. The van der Waals surface area contributed by atoms with Gasteiger partial charge in [0.2, 0.25) is 0 Å². The van der Waals surface area contributed by atoms with Gasteiger partial charge < -0.3 is 15.1 Å². The van der Waals surface area contributed by atoms with Crippen molar-refractivity contribution in [3.05, 3.63) is 59.7 Å². The fourth-order valence-corrected chi connectivity index (χ4v) is 2.86. The van der Waals surface area contributed by atoms with Crippen LogP contribution in [0.25, 0.3) is 0 Å². The molecule has 1 aliphatic rings. The summed E-state index contributed by atoms with van der Waals surface area (Å²) in [4.78, 5) is 4.85. The van der Waals surface area contributed by atoms with Gasteiger partial charge in [0.25, 0.3) is 0 Å². The topological polar surface area (TPSA) is 18.5 Å². The van der Waals surface area contributed by atoms with Crippen LogP contribution in [-0.4, -0.2) is 38.1 Å². The van der Waals surface area contributed by atoms with Crippen LogP contribution >= 0.6 is 0 Å². The lowest BCUT2D eigenvalue weighted by Gasteiger charge is -2.34. The normalized spacial score (nSPS) is 15.8. The van der Waals surface area contributed by atoms with Gasteiger partial charge in [0.05, 0.1) is 0 Å². The Morgan fingerprint density at radius 2 is 1.59 bits per heavy atom. The van der Waals surface area contributed by atoms with Crippen molar-refractivity contribution in [3.8, 4) is 0 Å². The van der Waals surface area contributed by atoms with Crippen molar-refractivity contribution in [3.63, 3.8) is 0 Å². The number of nitrogens with zero attached hydrogens (tertiary/aromatic N) is 2. The zero-order valence-corrected chi connectivity index (χ0v) is 13.5. The first-order valence-corrected chi connectivity index (χ1v) is 8.04.